The summed E-state index contributed by atoms with van der Waals surface area (Å²) in [6, 6.07) is 0. The maximum atomic E-state index is 12.1. The van der Waals surface area contributed by atoms with Gasteiger partial charge in [0.25, 0.3) is 0 Å². The molecule has 0 aromatic rings. The number of aldehydes is 1. The highest BCUT2D eigenvalue weighted by Crippen LogP contribution is 2.15. The van der Waals surface area contributed by atoms with Gasteiger partial charge in [-0.05, 0) is 59.0 Å². The van der Waals surface area contributed by atoms with Gasteiger partial charge in [-0.3, -0.25) is 9.59 Å². The van der Waals surface area contributed by atoms with Gasteiger partial charge in [0.1, 0.15) is 12.1 Å². The van der Waals surface area contributed by atoms with Gasteiger partial charge >= 0.3 is 5.97 Å². The summed E-state index contributed by atoms with van der Waals surface area (Å²) in [6.07, 6.45) is 10.7. The molecule has 0 spiro atoms. The van der Waals surface area contributed by atoms with E-state index in [4.69, 9.17) is 4.74 Å². The van der Waals surface area contributed by atoms with Crippen LogP contribution in [0.1, 0.15) is 73.1 Å². The van der Waals surface area contributed by atoms with Crippen molar-refractivity contribution in [2.75, 3.05) is 6.61 Å². The van der Waals surface area contributed by atoms with E-state index in [1.807, 2.05) is 26.8 Å². The zero-order valence-corrected chi connectivity index (χ0v) is 17.0. The fourth-order valence-corrected chi connectivity index (χ4v) is 2.38. The van der Waals surface area contributed by atoms with E-state index in [0.717, 1.165) is 37.5 Å². The van der Waals surface area contributed by atoms with Gasteiger partial charge < -0.3 is 4.74 Å². The van der Waals surface area contributed by atoms with E-state index in [9.17, 15) is 14.4 Å². The van der Waals surface area contributed by atoms with Crippen molar-refractivity contribution in [3.63, 3.8) is 0 Å². The number of allylic oxidation sites excluding steroid dienone is 5. The number of Topliss-reactive ketones (excluding diaryl/α,β-unsaturated/α-hetero) is 1. The molecule has 0 aliphatic carbocycles. The highest BCUT2D eigenvalue weighted by Gasteiger charge is 2.14. The van der Waals surface area contributed by atoms with Crippen molar-refractivity contribution in [3.05, 3.63) is 34.9 Å². The van der Waals surface area contributed by atoms with E-state index >= 15 is 0 Å². The largest absolute Gasteiger partial charge is 0.463 e. The van der Waals surface area contributed by atoms with E-state index in [1.165, 1.54) is 5.57 Å². The summed E-state index contributed by atoms with van der Waals surface area (Å²) < 4.78 is 5.10. The van der Waals surface area contributed by atoms with Crippen LogP contribution in [0.4, 0.5) is 0 Å². The standard InChI is InChI=1S/C22H34O4/c1-6-26-22(25)20(13-14-21(24)17(2)3)12-8-11-18(4)9-7-10-19(5)15-16-23/h9,12,15-17H,6-8,10-11,13-14H2,1-5H3/b18-9+,19-15+,20-12-. The molecule has 0 rings (SSSR count). The van der Waals surface area contributed by atoms with E-state index < -0.39 is 0 Å². The Kier molecular flexibility index (Phi) is 13.1. The Balaban J connectivity index is 4.63. The summed E-state index contributed by atoms with van der Waals surface area (Å²) in [5.41, 5.74) is 2.92. The number of ether oxygens (including phenoxy) is 1. The lowest BCUT2D eigenvalue weighted by atomic mass is 9.99. The molecule has 0 heterocycles. The van der Waals surface area contributed by atoms with Gasteiger partial charge in [-0.15, -0.1) is 0 Å². The molecule has 4 heteroatoms. The molecule has 0 bridgehead atoms. The van der Waals surface area contributed by atoms with Crippen LogP contribution >= 0.6 is 0 Å². The second-order valence-electron chi connectivity index (χ2n) is 6.85. The molecule has 0 aromatic carbocycles. The van der Waals surface area contributed by atoms with Crippen LogP contribution in [0.15, 0.2) is 34.9 Å². The van der Waals surface area contributed by atoms with Crippen molar-refractivity contribution in [1.82, 2.24) is 0 Å². The van der Waals surface area contributed by atoms with Crippen molar-refractivity contribution in [1.29, 1.82) is 0 Å². The molecule has 0 fully saturated rings. The first-order valence-electron chi connectivity index (χ1n) is 9.47. The summed E-state index contributed by atoms with van der Waals surface area (Å²) in [6.45, 7) is 9.87. The molecule has 0 amide bonds. The number of carbonyl (C=O) groups excluding carboxylic acids is 3. The Morgan fingerprint density at radius 3 is 2.12 bits per heavy atom. The van der Waals surface area contributed by atoms with Crippen LogP contribution in [0.5, 0.6) is 0 Å². The minimum atomic E-state index is -0.319. The molecular formula is C22H34O4. The average molecular weight is 363 g/mol. The quantitative estimate of drug-likeness (QED) is 0.197. The third-order valence-electron chi connectivity index (χ3n) is 4.14. The maximum absolute atomic E-state index is 12.1. The van der Waals surface area contributed by atoms with Gasteiger partial charge in [-0.2, -0.15) is 0 Å². The fourth-order valence-electron chi connectivity index (χ4n) is 2.38. The van der Waals surface area contributed by atoms with E-state index in [1.54, 1.807) is 13.0 Å². The predicted molar refractivity (Wildman–Crippen MR) is 106 cm³/mol. The first-order valence-corrected chi connectivity index (χ1v) is 9.47. The predicted octanol–water partition coefficient (Wildman–Crippen LogP) is 5.13. The molecular weight excluding hydrogens is 328 g/mol. The van der Waals surface area contributed by atoms with Gasteiger partial charge in [0.05, 0.1) is 6.61 Å². The third kappa shape index (κ3) is 11.6. The highest BCUT2D eigenvalue weighted by molar-refractivity contribution is 5.90. The summed E-state index contributed by atoms with van der Waals surface area (Å²) in [4.78, 5) is 34.3. The lowest BCUT2D eigenvalue weighted by Crippen LogP contribution is -2.12. The van der Waals surface area contributed by atoms with Crippen molar-refractivity contribution >= 4 is 18.0 Å². The molecule has 0 aromatic heterocycles. The number of ketones is 1. The molecule has 0 N–H and O–H groups in total. The zero-order valence-electron chi connectivity index (χ0n) is 17.0. The molecule has 0 radical (unpaired) electrons. The number of hydrogen-bond acceptors (Lipinski definition) is 4. The van der Waals surface area contributed by atoms with Crippen molar-refractivity contribution in [2.24, 2.45) is 5.92 Å². The van der Waals surface area contributed by atoms with Crippen molar-refractivity contribution < 1.29 is 19.1 Å². The van der Waals surface area contributed by atoms with Crippen LogP contribution in [0.2, 0.25) is 0 Å². The fraction of sp³-hybridized carbons (Fsp3) is 0.591. The van der Waals surface area contributed by atoms with Gasteiger partial charge in [0.15, 0.2) is 0 Å². The van der Waals surface area contributed by atoms with Gasteiger partial charge in [-0.25, -0.2) is 4.79 Å². The monoisotopic (exact) mass is 362 g/mol. The topological polar surface area (TPSA) is 60.4 Å². The molecule has 0 aliphatic rings. The van der Waals surface area contributed by atoms with Gasteiger partial charge in [0.2, 0.25) is 0 Å². The van der Waals surface area contributed by atoms with Crippen LogP contribution < -0.4 is 0 Å². The maximum Gasteiger partial charge on any atom is 0.333 e. The van der Waals surface area contributed by atoms with Crippen molar-refractivity contribution in [3.8, 4) is 0 Å². The number of hydrogen-bond donors (Lipinski definition) is 0. The molecule has 0 unspecified atom stereocenters. The van der Waals surface area contributed by atoms with Crippen LogP contribution in [-0.4, -0.2) is 24.6 Å². The van der Waals surface area contributed by atoms with E-state index in [0.29, 0.717) is 25.0 Å². The lowest BCUT2D eigenvalue weighted by molar-refractivity contribution is -0.138. The summed E-state index contributed by atoms with van der Waals surface area (Å²) in [5.74, 6) is -0.171. The molecule has 4 nitrogen and oxygen atoms in total. The van der Waals surface area contributed by atoms with Crippen LogP contribution in [-0.2, 0) is 19.1 Å². The highest BCUT2D eigenvalue weighted by atomic mass is 16.5. The Bertz CT molecular complexity index is 550. The minimum absolute atomic E-state index is 0.0136. The second-order valence-corrected chi connectivity index (χ2v) is 6.85. The SMILES string of the molecule is CCOC(=O)/C(=C\CC/C(C)=C/CC/C(C)=C/C=O)CCC(=O)C(C)C. The molecule has 146 valence electrons. The van der Waals surface area contributed by atoms with Crippen LogP contribution in [0.3, 0.4) is 0 Å². The summed E-state index contributed by atoms with van der Waals surface area (Å²) >= 11 is 0. The van der Waals surface area contributed by atoms with E-state index in [-0.39, 0.29) is 17.7 Å². The van der Waals surface area contributed by atoms with Gasteiger partial charge in [0, 0.05) is 17.9 Å². The first kappa shape index (κ1) is 24.0. The van der Waals surface area contributed by atoms with Crippen LogP contribution in [0, 0.1) is 5.92 Å². The van der Waals surface area contributed by atoms with Crippen LogP contribution in [0.25, 0.3) is 0 Å². The Hall–Kier alpha value is -1.97. The molecule has 0 saturated carbocycles. The molecule has 0 atom stereocenters. The first-order chi connectivity index (χ1) is 12.3. The Morgan fingerprint density at radius 2 is 1.54 bits per heavy atom. The zero-order chi connectivity index (χ0) is 19.9. The Labute approximate surface area is 158 Å². The number of rotatable bonds is 13. The normalized spacial score (nSPS) is 13.1. The van der Waals surface area contributed by atoms with Gasteiger partial charge in [-0.1, -0.05) is 37.1 Å². The minimum Gasteiger partial charge on any atom is -0.463 e. The smallest absolute Gasteiger partial charge is 0.333 e. The molecule has 26 heavy (non-hydrogen) atoms. The Morgan fingerprint density at radius 1 is 0.923 bits per heavy atom. The second kappa shape index (κ2) is 14.2. The molecule has 0 aliphatic heterocycles. The summed E-state index contributed by atoms with van der Waals surface area (Å²) in [7, 11) is 0. The van der Waals surface area contributed by atoms with Crippen molar-refractivity contribution in [2.45, 2.75) is 73.1 Å². The summed E-state index contributed by atoms with van der Waals surface area (Å²) in [5, 5.41) is 0. The lowest BCUT2D eigenvalue weighted by Gasteiger charge is -2.08. The number of carbonyl (C=O) groups is 3. The third-order valence-corrected chi connectivity index (χ3v) is 4.14. The van der Waals surface area contributed by atoms with E-state index in [2.05, 4.69) is 13.0 Å². The average Bonchev–Trinajstić information content (AvgIpc) is 2.57. The number of esters is 1. The molecule has 0 saturated heterocycles.